The summed E-state index contributed by atoms with van der Waals surface area (Å²) in [5, 5.41) is 9.23. The van der Waals surface area contributed by atoms with Gasteiger partial charge in [-0.2, -0.15) is 0 Å². The molecular weight excluding hydrogens is 266 g/mol. The molecule has 1 aromatic rings. The van der Waals surface area contributed by atoms with Gasteiger partial charge in [0.15, 0.2) is 5.16 Å². The van der Waals surface area contributed by atoms with Crippen LogP contribution in [0.5, 0.6) is 0 Å². The van der Waals surface area contributed by atoms with Crippen LogP contribution in [-0.2, 0) is 9.59 Å². The van der Waals surface area contributed by atoms with Crippen LogP contribution in [0.4, 0.5) is 0 Å². The molecule has 0 radical (unpaired) electrons. The van der Waals surface area contributed by atoms with E-state index in [-0.39, 0.29) is 17.7 Å². The Balaban J connectivity index is 2.82. The van der Waals surface area contributed by atoms with Crippen LogP contribution in [0.3, 0.4) is 0 Å². The number of thioether (sulfide) groups is 1. The van der Waals surface area contributed by atoms with Crippen molar-refractivity contribution >= 4 is 23.6 Å². The Bertz CT molecular complexity index is 443. The van der Waals surface area contributed by atoms with Crippen LogP contribution in [0.25, 0.3) is 0 Å². The lowest BCUT2D eigenvalue weighted by atomic mass is 10.3. The van der Waals surface area contributed by atoms with Gasteiger partial charge in [0.05, 0.1) is 5.75 Å². The van der Waals surface area contributed by atoms with Crippen molar-refractivity contribution < 1.29 is 14.7 Å². The highest BCUT2D eigenvalue weighted by Crippen LogP contribution is 2.21. The summed E-state index contributed by atoms with van der Waals surface area (Å²) in [6.45, 7) is 6.98. The van der Waals surface area contributed by atoms with E-state index in [1.165, 1.54) is 0 Å². The Morgan fingerprint density at radius 1 is 1.47 bits per heavy atom. The maximum absolute atomic E-state index is 12.2. The Morgan fingerprint density at radius 2 is 2.11 bits per heavy atom. The lowest BCUT2D eigenvalue weighted by Crippen LogP contribution is -2.36. The molecule has 19 heavy (non-hydrogen) atoms. The van der Waals surface area contributed by atoms with E-state index in [1.807, 2.05) is 13.8 Å². The second-order valence-corrected chi connectivity index (χ2v) is 4.93. The SMILES string of the molecule is CCN(CC)C(=O)C(C)n1ccnc1SCC(=O)O. The van der Waals surface area contributed by atoms with Crippen LogP contribution in [0.2, 0.25) is 0 Å². The largest absolute Gasteiger partial charge is 0.481 e. The molecule has 1 heterocycles. The van der Waals surface area contributed by atoms with E-state index in [4.69, 9.17) is 5.11 Å². The summed E-state index contributed by atoms with van der Waals surface area (Å²) in [5.74, 6) is -0.953. The number of likely N-dealkylation sites (N-methyl/N-ethyl adjacent to an activating group) is 1. The third-order valence-corrected chi connectivity index (χ3v) is 3.77. The number of hydrogen-bond acceptors (Lipinski definition) is 4. The van der Waals surface area contributed by atoms with Gasteiger partial charge in [0.1, 0.15) is 6.04 Å². The van der Waals surface area contributed by atoms with E-state index >= 15 is 0 Å². The number of nitrogens with zero attached hydrogens (tertiary/aromatic N) is 3. The number of aromatic nitrogens is 2. The molecule has 1 rings (SSSR count). The molecule has 1 N–H and O–H groups in total. The fourth-order valence-corrected chi connectivity index (χ4v) is 2.51. The van der Waals surface area contributed by atoms with Crippen molar-refractivity contribution in [3.05, 3.63) is 12.4 Å². The summed E-state index contributed by atoms with van der Waals surface area (Å²) in [7, 11) is 0. The Labute approximate surface area is 116 Å². The number of carbonyl (C=O) groups is 2. The zero-order chi connectivity index (χ0) is 14.4. The Morgan fingerprint density at radius 3 is 2.63 bits per heavy atom. The van der Waals surface area contributed by atoms with Crippen molar-refractivity contribution in [2.24, 2.45) is 0 Å². The van der Waals surface area contributed by atoms with E-state index in [1.54, 1.807) is 28.8 Å². The molecule has 1 atom stereocenters. The first-order valence-corrected chi connectivity index (χ1v) is 7.16. The monoisotopic (exact) mass is 285 g/mol. The maximum Gasteiger partial charge on any atom is 0.313 e. The molecule has 0 aromatic carbocycles. The molecule has 0 saturated carbocycles. The van der Waals surface area contributed by atoms with Gasteiger partial charge in [-0.1, -0.05) is 11.8 Å². The van der Waals surface area contributed by atoms with Gasteiger partial charge < -0.3 is 14.6 Å². The van der Waals surface area contributed by atoms with Gasteiger partial charge >= 0.3 is 5.97 Å². The molecular formula is C12H19N3O3S. The predicted octanol–water partition coefficient (Wildman–Crippen LogP) is 1.49. The predicted molar refractivity (Wildman–Crippen MR) is 73.2 cm³/mol. The first kappa shape index (κ1) is 15.6. The number of hydrogen-bond donors (Lipinski definition) is 1. The molecule has 6 nitrogen and oxygen atoms in total. The molecule has 1 aromatic heterocycles. The summed E-state index contributed by atoms with van der Waals surface area (Å²) in [5.41, 5.74) is 0. The number of amides is 1. The van der Waals surface area contributed by atoms with Crippen molar-refractivity contribution in [2.45, 2.75) is 32.0 Å². The van der Waals surface area contributed by atoms with Crippen LogP contribution in [0.15, 0.2) is 17.6 Å². The highest BCUT2D eigenvalue weighted by molar-refractivity contribution is 7.99. The third kappa shape index (κ3) is 3.99. The van der Waals surface area contributed by atoms with Crippen LogP contribution in [-0.4, -0.2) is 50.3 Å². The molecule has 0 saturated heterocycles. The molecule has 0 aliphatic heterocycles. The highest BCUT2D eigenvalue weighted by Gasteiger charge is 2.22. The zero-order valence-electron chi connectivity index (χ0n) is 11.4. The molecule has 106 valence electrons. The average molecular weight is 285 g/mol. The number of rotatable bonds is 7. The van der Waals surface area contributed by atoms with Crippen molar-refractivity contribution in [3.63, 3.8) is 0 Å². The lowest BCUT2D eigenvalue weighted by molar-refractivity contribution is -0.134. The summed E-state index contributed by atoms with van der Waals surface area (Å²) in [4.78, 5) is 28.7. The van der Waals surface area contributed by atoms with Gasteiger partial charge in [-0.25, -0.2) is 4.98 Å². The van der Waals surface area contributed by atoms with Crippen molar-refractivity contribution in [1.82, 2.24) is 14.5 Å². The number of carbonyl (C=O) groups excluding carboxylic acids is 1. The standard InChI is InChI=1S/C12H19N3O3S/c1-4-14(5-2)11(18)9(3)15-7-6-13-12(15)19-8-10(16)17/h6-7,9H,4-5,8H2,1-3H3,(H,16,17). The fraction of sp³-hybridized carbons (Fsp3) is 0.583. The second kappa shape index (κ2) is 7.18. The number of imidazole rings is 1. The molecule has 0 aliphatic rings. The first-order chi connectivity index (χ1) is 9.01. The summed E-state index contributed by atoms with van der Waals surface area (Å²) in [6, 6.07) is -0.376. The van der Waals surface area contributed by atoms with Crippen molar-refractivity contribution in [1.29, 1.82) is 0 Å². The van der Waals surface area contributed by atoms with E-state index in [2.05, 4.69) is 4.98 Å². The van der Waals surface area contributed by atoms with Gasteiger partial charge in [-0.05, 0) is 20.8 Å². The van der Waals surface area contributed by atoms with Crippen molar-refractivity contribution in [3.8, 4) is 0 Å². The number of carboxylic acids is 1. The van der Waals surface area contributed by atoms with Gasteiger partial charge in [-0.3, -0.25) is 9.59 Å². The molecule has 0 bridgehead atoms. The highest BCUT2D eigenvalue weighted by atomic mass is 32.2. The van der Waals surface area contributed by atoms with Crippen LogP contribution in [0, 0.1) is 0 Å². The van der Waals surface area contributed by atoms with E-state index in [0.717, 1.165) is 11.8 Å². The fourth-order valence-electron chi connectivity index (χ4n) is 1.75. The van der Waals surface area contributed by atoms with Gasteiger partial charge in [-0.15, -0.1) is 0 Å². The molecule has 1 amide bonds. The van der Waals surface area contributed by atoms with Crippen LogP contribution in [0.1, 0.15) is 26.8 Å². The summed E-state index contributed by atoms with van der Waals surface area (Å²) >= 11 is 1.12. The smallest absolute Gasteiger partial charge is 0.313 e. The molecule has 7 heteroatoms. The van der Waals surface area contributed by atoms with E-state index in [9.17, 15) is 9.59 Å². The van der Waals surface area contributed by atoms with Gasteiger partial charge in [0, 0.05) is 25.5 Å². The normalized spacial score (nSPS) is 12.2. The van der Waals surface area contributed by atoms with Gasteiger partial charge in [0.2, 0.25) is 5.91 Å². The first-order valence-electron chi connectivity index (χ1n) is 6.17. The quantitative estimate of drug-likeness (QED) is 0.768. The third-order valence-electron chi connectivity index (χ3n) is 2.81. The van der Waals surface area contributed by atoms with E-state index in [0.29, 0.717) is 18.2 Å². The Kier molecular flexibility index (Phi) is 5.88. The number of aliphatic carboxylic acids is 1. The number of carboxylic acid groups (broad SMARTS) is 1. The topological polar surface area (TPSA) is 75.4 Å². The lowest BCUT2D eigenvalue weighted by Gasteiger charge is -2.24. The Hall–Kier alpha value is -1.50. The summed E-state index contributed by atoms with van der Waals surface area (Å²) in [6.07, 6.45) is 3.28. The van der Waals surface area contributed by atoms with Crippen LogP contribution < -0.4 is 0 Å². The minimum atomic E-state index is -0.901. The average Bonchev–Trinajstić information content (AvgIpc) is 2.85. The molecule has 0 aliphatic carbocycles. The molecule has 1 unspecified atom stereocenters. The van der Waals surface area contributed by atoms with Crippen molar-refractivity contribution in [2.75, 3.05) is 18.8 Å². The van der Waals surface area contributed by atoms with E-state index < -0.39 is 5.97 Å². The minimum Gasteiger partial charge on any atom is -0.481 e. The second-order valence-electron chi connectivity index (χ2n) is 3.99. The molecule has 0 fully saturated rings. The minimum absolute atomic E-state index is 0.0141. The zero-order valence-corrected chi connectivity index (χ0v) is 12.2. The summed E-state index contributed by atoms with van der Waals surface area (Å²) < 4.78 is 1.72. The molecule has 0 spiro atoms. The van der Waals surface area contributed by atoms with Gasteiger partial charge in [0.25, 0.3) is 0 Å². The maximum atomic E-state index is 12.2. The van der Waals surface area contributed by atoms with Crippen LogP contribution >= 0.6 is 11.8 Å².